The zero-order valence-electron chi connectivity index (χ0n) is 11.0. The van der Waals surface area contributed by atoms with E-state index < -0.39 is 0 Å². The van der Waals surface area contributed by atoms with Crippen molar-refractivity contribution in [3.63, 3.8) is 0 Å². The Morgan fingerprint density at radius 1 is 1.50 bits per heavy atom. The number of hydrogen-bond donors (Lipinski definition) is 1. The van der Waals surface area contributed by atoms with Crippen molar-refractivity contribution in [2.45, 2.75) is 33.2 Å². The van der Waals surface area contributed by atoms with Crippen LogP contribution in [-0.4, -0.2) is 50.3 Å². The number of nitrogens with zero attached hydrogens (tertiary/aromatic N) is 1. The van der Waals surface area contributed by atoms with Crippen LogP contribution >= 0.6 is 0 Å². The minimum Gasteiger partial charge on any atom is -0.377 e. The Morgan fingerprint density at radius 2 is 2.31 bits per heavy atom. The summed E-state index contributed by atoms with van der Waals surface area (Å²) >= 11 is 0. The van der Waals surface area contributed by atoms with Crippen molar-refractivity contribution in [2.75, 3.05) is 39.4 Å². The summed E-state index contributed by atoms with van der Waals surface area (Å²) in [6.45, 7) is 12.7. The summed E-state index contributed by atoms with van der Waals surface area (Å²) in [6.07, 6.45) is 3.38. The van der Waals surface area contributed by atoms with Crippen molar-refractivity contribution in [3.05, 3.63) is 11.6 Å². The Hall–Kier alpha value is -0.380. The Labute approximate surface area is 99.8 Å². The quantitative estimate of drug-likeness (QED) is 0.528. The highest BCUT2D eigenvalue weighted by Crippen LogP contribution is 2.03. The molecule has 0 radical (unpaired) electrons. The maximum atomic E-state index is 5.40. The average molecular weight is 226 g/mol. The highest BCUT2D eigenvalue weighted by molar-refractivity contribution is 5.06. The van der Waals surface area contributed by atoms with Crippen LogP contribution in [0.4, 0.5) is 0 Å². The number of hydrogen-bond acceptors (Lipinski definition) is 3. The van der Waals surface area contributed by atoms with E-state index in [1.165, 1.54) is 5.57 Å². The Bertz CT molecular complexity index is 214. The van der Waals surface area contributed by atoms with Gasteiger partial charge in [0, 0.05) is 25.7 Å². The van der Waals surface area contributed by atoms with E-state index in [1.54, 1.807) is 0 Å². The lowest BCUT2D eigenvalue weighted by molar-refractivity contribution is 0.148. The van der Waals surface area contributed by atoms with Crippen LogP contribution in [-0.2, 0) is 4.74 Å². The fourth-order valence-electron chi connectivity index (χ4n) is 1.98. The first-order valence-electron chi connectivity index (χ1n) is 6.44. The van der Waals surface area contributed by atoms with Gasteiger partial charge in [0.05, 0.1) is 13.2 Å². The van der Waals surface area contributed by atoms with Crippen molar-refractivity contribution < 1.29 is 4.74 Å². The van der Waals surface area contributed by atoms with Crippen molar-refractivity contribution in [1.82, 2.24) is 10.2 Å². The van der Waals surface area contributed by atoms with Gasteiger partial charge in [-0.05, 0) is 32.4 Å². The van der Waals surface area contributed by atoms with E-state index in [0.29, 0.717) is 6.04 Å². The summed E-state index contributed by atoms with van der Waals surface area (Å²) in [6, 6.07) is 0.643. The molecule has 0 fully saturated rings. The Morgan fingerprint density at radius 3 is 2.88 bits per heavy atom. The van der Waals surface area contributed by atoms with Gasteiger partial charge in [-0.3, -0.25) is 4.90 Å². The second-order valence-electron chi connectivity index (χ2n) is 4.60. The van der Waals surface area contributed by atoms with E-state index in [1.807, 2.05) is 0 Å². The summed E-state index contributed by atoms with van der Waals surface area (Å²) in [5.41, 5.74) is 1.40. The highest BCUT2D eigenvalue weighted by Gasteiger charge is 2.06. The largest absolute Gasteiger partial charge is 0.377 e. The molecule has 1 aliphatic rings. The second-order valence-corrected chi connectivity index (χ2v) is 4.60. The van der Waals surface area contributed by atoms with Gasteiger partial charge in [-0.2, -0.15) is 0 Å². The van der Waals surface area contributed by atoms with E-state index in [0.717, 1.165) is 45.8 Å². The fourth-order valence-corrected chi connectivity index (χ4v) is 1.98. The molecule has 0 aromatic rings. The lowest BCUT2D eigenvalue weighted by atomic mass is 10.2. The van der Waals surface area contributed by atoms with Gasteiger partial charge in [0.25, 0.3) is 0 Å². The Balaban J connectivity index is 2.08. The molecule has 0 bridgehead atoms. The molecule has 0 aromatic heterocycles. The predicted molar refractivity (Wildman–Crippen MR) is 68.8 cm³/mol. The minimum absolute atomic E-state index is 0.643. The SMILES string of the molecule is CCN(CCNCC1=CCCOC1)C(C)C. The minimum atomic E-state index is 0.643. The summed E-state index contributed by atoms with van der Waals surface area (Å²) < 4.78 is 5.40. The molecule has 0 unspecified atom stereocenters. The molecule has 94 valence electrons. The number of rotatable bonds is 7. The number of ether oxygens (including phenoxy) is 1. The average Bonchev–Trinajstić information content (AvgIpc) is 2.30. The molecule has 3 nitrogen and oxygen atoms in total. The van der Waals surface area contributed by atoms with Gasteiger partial charge in [0.15, 0.2) is 0 Å². The molecule has 1 N–H and O–H groups in total. The molecule has 16 heavy (non-hydrogen) atoms. The lowest BCUT2D eigenvalue weighted by Crippen LogP contribution is -2.37. The molecule has 0 atom stereocenters. The normalized spacial score (nSPS) is 16.9. The third-order valence-electron chi connectivity index (χ3n) is 3.05. The van der Waals surface area contributed by atoms with Crippen LogP contribution in [0.5, 0.6) is 0 Å². The van der Waals surface area contributed by atoms with Crippen LogP contribution in [0, 0.1) is 0 Å². The predicted octanol–water partition coefficient (Wildman–Crippen LogP) is 1.65. The van der Waals surface area contributed by atoms with Crippen molar-refractivity contribution in [1.29, 1.82) is 0 Å². The van der Waals surface area contributed by atoms with E-state index in [4.69, 9.17) is 4.74 Å². The van der Waals surface area contributed by atoms with Gasteiger partial charge in [-0.1, -0.05) is 13.0 Å². The van der Waals surface area contributed by atoms with Gasteiger partial charge >= 0.3 is 0 Å². The standard InChI is InChI=1S/C13H26N2O/c1-4-15(12(2)3)8-7-14-10-13-6-5-9-16-11-13/h6,12,14H,4-5,7-11H2,1-3H3. The third kappa shape index (κ3) is 5.10. The summed E-state index contributed by atoms with van der Waals surface area (Å²) in [4.78, 5) is 2.47. The first kappa shape index (κ1) is 13.7. The second kappa shape index (κ2) is 7.82. The summed E-state index contributed by atoms with van der Waals surface area (Å²) in [7, 11) is 0. The van der Waals surface area contributed by atoms with Crippen molar-refractivity contribution in [2.24, 2.45) is 0 Å². The van der Waals surface area contributed by atoms with Gasteiger partial charge < -0.3 is 10.1 Å². The first-order chi connectivity index (χ1) is 7.74. The van der Waals surface area contributed by atoms with E-state index in [9.17, 15) is 0 Å². The highest BCUT2D eigenvalue weighted by atomic mass is 16.5. The topological polar surface area (TPSA) is 24.5 Å². The van der Waals surface area contributed by atoms with Crippen LogP contribution in [0.3, 0.4) is 0 Å². The molecule has 0 spiro atoms. The summed E-state index contributed by atoms with van der Waals surface area (Å²) in [5, 5.41) is 3.48. The number of likely N-dealkylation sites (N-methyl/N-ethyl adjacent to an activating group) is 1. The lowest BCUT2D eigenvalue weighted by Gasteiger charge is -2.25. The zero-order chi connectivity index (χ0) is 11.8. The first-order valence-corrected chi connectivity index (χ1v) is 6.44. The maximum Gasteiger partial charge on any atom is 0.0689 e. The molecule has 0 aliphatic carbocycles. The van der Waals surface area contributed by atoms with Gasteiger partial charge in [0.1, 0.15) is 0 Å². The van der Waals surface area contributed by atoms with Crippen LogP contribution in [0.2, 0.25) is 0 Å². The van der Waals surface area contributed by atoms with Crippen LogP contribution < -0.4 is 5.32 Å². The van der Waals surface area contributed by atoms with E-state index in [-0.39, 0.29) is 0 Å². The molecule has 0 saturated carbocycles. The Kier molecular flexibility index (Phi) is 6.69. The van der Waals surface area contributed by atoms with Crippen LogP contribution in [0.25, 0.3) is 0 Å². The molecule has 1 heterocycles. The number of nitrogens with one attached hydrogen (secondary N) is 1. The fraction of sp³-hybridized carbons (Fsp3) is 0.846. The van der Waals surface area contributed by atoms with E-state index >= 15 is 0 Å². The zero-order valence-corrected chi connectivity index (χ0v) is 11.0. The summed E-state index contributed by atoms with van der Waals surface area (Å²) in [5.74, 6) is 0. The molecule has 3 heteroatoms. The molecular formula is C13H26N2O. The van der Waals surface area contributed by atoms with Crippen LogP contribution in [0.15, 0.2) is 11.6 Å². The molecule has 0 saturated heterocycles. The molecule has 0 amide bonds. The third-order valence-corrected chi connectivity index (χ3v) is 3.05. The monoisotopic (exact) mass is 226 g/mol. The molecule has 0 aromatic carbocycles. The molecule has 1 aliphatic heterocycles. The van der Waals surface area contributed by atoms with Gasteiger partial charge in [-0.25, -0.2) is 0 Å². The van der Waals surface area contributed by atoms with Crippen LogP contribution in [0.1, 0.15) is 27.2 Å². The molecule has 1 rings (SSSR count). The van der Waals surface area contributed by atoms with E-state index in [2.05, 4.69) is 37.1 Å². The smallest absolute Gasteiger partial charge is 0.0689 e. The van der Waals surface area contributed by atoms with Gasteiger partial charge in [-0.15, -0.1) is 0 Å². The molecular weight excluding hydrogens is 200 g/mol. The maximum absolute atomic E-state index is 5.40. The van der Waals surface area contributed by atoms with Crippen molar-refractivity contribution >= 4 is 0 Å². The van der Waals surface area contributed by atoms with Crippen molar-refractivity contribution in [3.8, 4) is 0 Å². The van der Waals surface area contributed by atoms with Gasteiger partial charge in [0.2, 0.25) is 0 Å².